The van der Waals surface area contributed by atoms with Crippen LogP contribution in [0.2, 0.25) is 0 Å². The van der Waals surface area contributed by atoms with Crippen LogP contribution in [0, 0.1) is 11.3 Å². The number of hydrogen-bond donors (Lipinski definition) is 1. The maximum absolute atomic E-state index is 9.33. The fourth-order valence-electron chi connectivity index (χ4n) is 1.56. The summed E-state index contributed by atoms with van der Waals surface area (Å²) in [5.41, 5.74) is 1.67. The van der Waals surface area contributed by atoms with Gasteiger partial charge in [0.1, 0.15) is 12.4 Å². The van der Waals surface area contributed by atoms with E-state index in [0.717, 1.165) is 5.56 Å². The van der Waals surface area contributed by atoms with E-state index in [1.54, 1.807) is 30.3 Å². The molecular formula is C15H13NO2. The molecule has 0 bridgehead atoms. The van der Waals surface area contributed by atoms with Crippen LogP contribution in [0.4, 0.5) is 0 Å². The molecule has 0 aromatic heterocycles. The average molecular weight is 239 g/mol. The molecule has 2 aromatic carbocycles. The minimum Gasteiger partial charge on any atom is -0.489 e. The van der Waals surface area contributed by atoms with Crippen molar-refractivity contribution in [1.29, 1.82) is 5.26 Å². The summed E-state index contributed by atoms with van der Waals surface area (Å²) < 4.78 is 5.60. The molecule has 0 aliphatic carbocycles. The smallest absolute Gasteiger partial charge is 0.165 e. The van der Waals surface area contributed by atoms with Gasteiger partial charge in [-0.25, -0.2) is 0 Å². The van der Waals surface area contributed by atoms with Gasteiger partial charge in [-0.1, -0.05) is 42.5 Å². The molecule has 0 aliphatic heterocycles. The number of nitriles is 1. The predicted molar refractivity (Wildman–Crippen MR) is 67.8 cm³/mol. The molecule has 0 aliphatic rings. The second-order valence-corrected chi connectivity index (χ2v) is 3.87. The number of ether oxygens (including phenoxy) is 1. The number of aliphatic hydroxyl groups is 1. The van der Waals surface area contributed by atoms with E-state index in [0.29, 0.717) is 17.9 Å². The molecule has 0 saturated carbocycles. The summed E-state index contributed by atoms with van der Waals surface area (Å²) in [5, 5.41) is 17.9. The number of rotatable bonds is 4. The van der Waals surface area contributed by atoms with Gasteiger partial charge in [-0.15, -0.1) is 0 Å². The van der Waals surface area contributed by atoms with Gasteiger partial charge in [-0.05, 0) is 23.3 Å². The summed E-state index contributed by atoms with van der Waals surface area (Å²) in [7, 11) is 0. The van der Waals surface area contributed by atoms with Crippen molar-refractivity contribution in [3.8, 4) is 11.8 Å². The third-order valence-corrected chi connectivity index (χ3v) is 2.57. The van der Waals surface area contributed by atoms with E-state index >= 15 is 0 Å². The molecule has 0 unspecified atom stereocenters. The molecule has 90 valence electrons. The summed E-state index contributed by atoms with van der Waals surface area (Å²) in [4.78, 5) is 0. The lowest BCUT2D eigenvalue weighted by Gasteiger charge is -2.07. The molecule has 2 rings (SSSR count). The molecule has 0 fully saturated rings. The molecule has 3 nitrogen and oxygen atoms in total. The van der Waals surface area contributed by atoms with Gasteiger partial charge >= 0.3 is 0 Å². The summed E-state index contributed by atoms with van der Waals surface area (Å²) in [5.74, 6) is 0.716. The largest absolute Gasteiger partial charge is 0.489 e. The maximum Gasteiger partial charge on any atom is 0.165 e. The minimum atomic E-state index is -1.08. The van der Waals surface area contributed by atoms with Crippen molar-refractivity contribution in [1.82, 2.24) is 0 Å². The Labute approximate surface area is 106 Å². The topological polar surface area (TPSA) is 53.2 Å². The van der Waals surface area contributed by atoms with Crippen LogP contribution in [0.5, 0.6) is 5.75 Å². The summed E-state index contributed by atoms with van der Waals surface area (Å²) in [6.45, 7) is 0.501. The van der Waals surface area contributed by atoms with Gasteiger partial charge in [-0.2, -0.15) is 5.26 Å². The molecule has 1 N–H and O–H groups in total. The van der Waals surface area contributed by atoms with Crippen molar-refractivity contribution in [3.05, 3.63) is 65.7 Å². The van der Waals surface area contributed by atoms with Crippen molar-refractivity contribution in [2.24, 2.45) is 0 Å². The quantitative estimate of drug-likeness (QED) is 0.835. The third kappa shape index (κ3) is 3.09. The molecule has 0 radical (unpaired) electrons. The van der Waals surface area contributed by atoms with Crippen LogP contribution in [-0.4, -0.2) is 5.11 Å². The second kappa shape index (κ2) is 5.85. The Hall–Kier alpha value is -2.31. The van der Waals surface area contributed by atoms with Gasteiger partial charge in [0.05, 0.1) is 6.07 Å². The molecule has 0 spiro atoms. The van der Waals surface area contributed by atoms with Crippen LogP contribution >= 0.6 is 0 Å². The van der Waals surface area contributed by atoms with Gasteiger partial charge in [0.2, 0.25) is 0 Å². The molecule has 18 heavy (non-hydrogen) atoms. The van der Waals surface area contributed by atoms with Crippen molar-refractivity contribution >= 4 is 0 Å². The van der Waals surface area contributed by atoms with Gasteiger partial charge < -0.3 is 9.84 Å². The molecule has 0 saturated heterocycles. The molecule has 0 amide bonds. The van der Waals surface area contributed by atoms with E-state index in [4.69, 9.17) is 10.00 Å². The Morgan fingerprint density at radius 1 is 1.06 bits per heavy atom. The van der Waals surface area contributed by atoms with Gasteiger partial charge in [-0.3, -0.25) is 0 Å². The lowest BCUT2D eigenvalue weighted by molar-refractivity contribution is 0.235. The zero-order valence-corrected chi connectivity index (χ0v) is 9.78. The Bertz CT molecular complexity index is 529. The molecular weight excluding hydrogens is 226 g/mol. The first-order valence-electron chi connectivity index (χ1n) is 5.64. The highest BCUT2D eigenvalue weighted by atomic mass is 16.5. The van der Waals surface area contributed by atoms with Gasteiger partial charge in [0, 0.05) is 0 Å². The van der Waals surface area contributed by atoms with Crippen LogP contribution in [0.3, 0.4) is 0 Å². The highest BCUT2D eigenvalue weighted by Gasteiger charge is 2.04. The SMILES string of the molecule is N#C[C@H](O)c1ccc(OCc2ccccc2)cc1. The predicted octanol–water partition coefficient (Wildman–Crippen LogP) is 2.82. The standard InChI is InChI=1S/C15H13NO2/c16-10-15(17)13-6-8-14(9-7-13)18-11-12-4-2-1-3-5-12/h1-9,15,17H,11H2/t15-/m0/s1. The Kier molecular flexibility index (Phi) is 3.95. The van der Waals surface area contributed by atoms with E-state index in [-0.39, 0.29) is 0 Å². The normalized spacial score (nSPS) is 11.6. The monoisotopic (exact) mass is 239 g/mol. The molecule has 2 aromatic rings. The fraction of sp³-hybridized carbons (Fsp3) is 0.133. The average Bonchev–Trinajstić information content (AvgIpc) is 2.46. The summed E-state index contributed by atoms with van der Waals surface area (Å²) >= 11 is 0. The summed E-state index contributed by atoms with van der Waals surface area (Å²) in [6.07, 6.45) is -1.08. The first-order chi connectivity index (χ1) is 8.79. The highest BCUT2D eigenvalue weighted by Crippen LogP contribution is 2.18. The first-order valence-corrected chi connectivity index (χ1v) is 5.64. The van der Waals surface area contributed by atoms with Crippen LogP contribution in [-0.2, 0) is 6.61 Å². The lowest BCUT2D eigenvalue weighted by Crippen LogP contribution is -1.96. The second-order valence-electron chi connectivity index (χ2n) is 3.87. The van der Waals surface area contributed by atoms with Gasteiger partial charge in [0.15, 0.2) is 6.10 Å². The van der Waals surface area contributed by atoms with Crippen molar-refractivity contribution in [2.45, 2.75) is 12.7 Å². The van der Waals surface area contributed by atoms with E-state index < -0.39 is 6.10 Å². The Morgan fingerprint density at radius 3 is 2.33 bits per heavy atom. The molecule has 3 heteroatoms. The zero-order valence-electron chi connectivity index (χ0n) is 9.78. The summed E-state index contributed by atoms with van der Waals surface area (Å²) in [6, 6.07) is 18.5. The number of nitrogens with zero attached hydrogens (tertiary/aromatic N) is 1. The van der Waals surface area contributed by atoms with E-state index in [2.05, 4.69) is 0 Å². The number of hydrogen-bond acceptors (Lipinski definition) is 3. The van der Waals surface area contributed by atoms with Crippen LogP contribution in [0.25, 0.3) is 0 Å². The lowest BCUT2D eigenvalue weighted by atomic mass is 10.1. The van der Waals surface area contributed by atoms with Crippen LogP contribution < -0.4 is 4.74 Å². The van der Waals surface area contributed by atoms with Crippen molar-refractivity contribution < 1.29 is 9.84 Å². The minimum absolute atomic E-state index is 0.501. The van der Waals surface area contributed by atoms with Crippen LogP contribution in [0.1, 0.15) is 17.2 Å². The van der Waals surface area contributed by atoms with E-state index in [1.165, 1.54) is 0 Å². The maximum atomic E-state index is 9.33. The van der Waals surface area contributed by atoms with Crippen molar-refractivity contribution in [3.63, 3.8) is 0 Å². The van der Waals surface area contributed by atoms with E-state index in [9.17, 15) is 5.11 Å². The zero-order chi connectivity index (χ0) is 12.8. The number of aliphatic hydroxyl groups excluding tert-OH is 1. The first kappa shape index (κ1) is 12.2. The fourth-order valence-corrected chi connectivity index (χ4v) is 1.56. The van der Waals surface area contributed by atoms with Crippen molar-refractivity contribution in [2.75, 3.05) is 0 Å². The Balaban J connectivity index is 1.97. The van der Waals surface area contributed by atoms with Crippen LogP contribution in [0.15, 0.2) is 54.6 Å². The molecule has 1 atom stereocenters. The van der Waals surface area contributed by atoms with Gasteiger partial charge in [0.25, 0.3) is 0 Å². The highest BCUT2D eigenvalue weighted by molar-refractivity contribution is 5.30. The van der Waals surface area contributed by atoms with E-state index in [1.807, 2.05) is 30.3 Å². The molecule has 0 heterocycles. The number of benzene rings is 2. The Morgan fingerprint density at radius 2 is 1.72 bits per heavy atom. The third-order valence-electron chi connectivity index (χ3n) is 2.57.